The van der Waals surface area contributed by atoms with E-state index in [1.165, 1.54) is 19.3 Å². The molecule has 1 aliphatic heterocycles. The van der Waals surface area contributed by atoms with Crippen molar-refractivity contribution in [3.8, 4) is 0 Å². The molecule has 2 aliphatic carbocycles. The van der Waals surface area contributed by atoms with Crippen LogP contribution in [0.1, 0.15) is 38.5 Å². The number of carbonyl (C=O) groups excluding carboxylic acids is 2. The Balaban J connectivity index is 1.43. The molecule has 0 aromatic heterocycles. The van der Waals surface area contributed by atoms with E-state index in [9.17, 15) is 9.59 Å². The normalized spacial score (nSPS) is 29.3. The Morgan fingerprint density at radius 1 is 1.29 bits per heavy atom. The fourth-order valence-corrected chi connectivity index (χ4v) is 2.74. The summed E-state index contributed by atoms with van der Waals surface area (Å²) in [5, 5.41) is 3.01. The Hall–Kier alpha value is -1.06. The molecule has 1 N–H and O–H groups in total. The second kappa shape index (κ2) is 4.31. The van der Waals surface area contributed by atoms with E-state index in [-0.39, 0.29) is 17.7 Å². The molecule has 0 spiro atoms. The summed E-state index contributed by atoms with van der Waals surface area (Å²) < 4.78 is 0. The highest BCUT2D eigenvalue weighted by Crippen LogP contribution is 2.32. The summed E-state index contributed by atoms with van der Waals surface area (Å²) in [4.78, 5) is 25.4. The molecule has 1 heterocycles. The molecule has 3 fully saturated rings. The molecule has 1 atom stereocenters. The van der Waals surface area contributed by atoms with Crippen LogP contribution in [0.15, 0.2) is 0 Å². The first-order valence-corrected chi connectivity index (χ1v) is 6.81. The van der Waals surface area contributed by atoms with Crippen LogP contribution in [0.3, 0.4) is 0 Å². The molecule has 94 valence electrons. The fraction of sp³-hybridized carbons (Fsp3) is 0.846. The van der Waals surface area contributed by atoms with Gasteiger partial charge in [0.05, 0.1) is 0 Å². The Morgan fingerprint density at radius 3 is 2.65 bits per heavy atom. The van der Waals surface area contributed by atoms with Crippen LogP contribution in [0, 0.1) is 11.8 Å². The second-order valence-electron chi connectivity index (χ2n) is 5.72. The fourth-order valence-electron chi connectivity index (χ4n) is 2.74. The standard InChI is InChI=1S/C13H20N2O2/c16-12-6-9(8-15(12)11-4-5-11)7-14-13(17)10-2-1-3-10/h9-11H,1-8H2,(H,14,17). The molecule has 2 saturated carbocycles. The Morgan fingerprint density at radius 2 is 2.06 bits per heavy atom. The van der Waals surface area contributed by atoms with Gasteiger partial charge in [0.1, 0.15) is 0 Å². The lowest BCUT2D eigenvalue weighted by Crippen LogP contribution is -2.38. The van der Waals surface area contributed by atoms with Gasteiger partial charge in [-0.05, 0) is 25.7 Å². The zero-order valence-electron chi connectivity index (χ0n) is 10.2. The first-order valence-electron chi connectivity index (χ1n) is 6.81. The van der Waals surface area contributed by atoms with E-state index in [0.29, 0.717) is 24.9 Å². The first kappa shape index (κ1) is 11.1. The first-order chi connectivity index (χ1) is 8.24. The van der Waals surface area contributed by atoms with Crippen molar-refractivity contribution in [2.45, 2.75) is 44.6 Å². The van der Waals surface area contributed by atoms with Gasteiger partial charge in [-0.15, -0.1) is 0 Å². The van der Waals surface area contributed by atoms with Gasteiger partial charge in [-0.25, -0.2) is 0 Å². The summed E-state index contributed by atoms with van der Waals surface area (Å²) in [5.74, 6) is 1.09. The Kier molecular flexibility index (Phi) is 2.81. The molecular weight excluding hydrogens is 216 g/mol. The molecule has 0 bridgehead atoms. The van der Waals surface area contributed by atoms with Crippen LogP contribution >= 0.6 is 0 Å². The third-order valence-electron chi connectivity index (χ3n) is 4.27. The molecule has 3 rings (SSSR count). The maximum absolute atomic E-state index is 11.7. The minimum Gasteiger partial charge on any atom is -0.356 e. The maximum Gasteiger partial charge on any atom is 0.223 e. The zero-order valence-corrected chi connectivity index (χ0v) is 10.2. The molecule has 1 unspecified atom stereocenters. The van der Waals surface area contributed by atoms with E-state index in [2.05, 4.69) is 5.32 Å². The maximum atomic E-state index is 11.7. The van der Waals surface area contributed by atoms with Crippen molar-refractivity contribution < 1.29 is 9.59 Å². The number of likely N-dealkylation sites (tertiary alicyclic amines) is 1. The van der Waals surface area contributed by atoms with Gasteiger partial charge in [-0.2, -0.15) is 0 Å². The highest BCUT2D eigenvalue weighted by atomic mass is 16.2. The predicted octanol–water partition coefficient (Wildman–Crippen LogP) is 0.914. The molecule has 17 heavy (non-hydrogen) atoms. The summed E-state index contributed by atoms with van der Waals surface area (Å²) >= 11 is 0. The van der Waals surface area contributed by atoms with Crippen molar-refractivity contribution in [2.24, 2.45) is 11.8 Å². The highest BCUT2D eigenvalue weighted by molar-refractivity contribution is 5.81. The Bertz CT molecular complexity index is 334. The number of hydrogen-bond acceptors (Lipinski definition) is 2. The molecule has 2 amide bonds. The van der Waals surface area contributed by atoms with Crippen LogP contribution in [0.4, 0.5) is 0 Å². The third-order valence-corrected chi connectivity index (χ3v) is 4.27. The van der Waals surface area contributed by atoms with Crippen LogP contribution in [0.25, 0.3) is 0 Å². The van der Waals surface area contributed by atoms with Gasteiger partial charge in [0.2, 0.25) is 11.8 Å². The van der Waals surface area contributed by atoms with Crippen molar-refractivity contribution in [2.75, 3.05) is 13.1 Å². The number of nitrogens with one attached hydrogen (secondary N) is 1. The van der Waals surface area contributed by atoms with Gasteiger partial charge in [-0.3, -0.25) is 9.59 Å². The second-order valence-corrected chi connectivity index (χ2v) is 5.72. The van der Waals surface area contributed by atoms with Crippen molar-refractivity contribution in [1.82, 2.24) is 10.2 Å². The van der Waals surface area contributed by atoms with Gasteiger partial charge >= 0.3 is 0 Å². The SMILES string of the molecule is O=C(NCC1CC(=O)N(C2CC2)C1)C1CCC1. The summed E-state index contributed by atoms with van der Waals surface area (Å²) in [6, 6.07) is 0.523. The number of hydrogen-bond donors (Lipinski definition) is 1. The molecule has 0 aromatic rings. The minimum atomic E-state index is 0.202. The van der Waals surface area contributed by atoms with E-state index >= 15 is 0 Å². The van der Waals surface area contributed by atoms with Crippen LogP contribution < -0.4 is 5.32 Å². The van der Waals surface area contributed by atoms with Gasteiger partial charge in [-0.1, -0.05) is 6.42 Å². The summed E-state index contributed by atoms with van der Waals surface area (Å²) in [6.07, 6.45) is 6.25. The molecule has 4 heteroatoms. The monoisotopic (exact) mass is 236 g/mol. The Labute approximate surface area is 102 Å². The third kappa shape index (κ3) is 2.31. The van der Waals surface area contributed by atoms with Gasteiger partial charge in [0.15, 0.2) is 0 Å². The smallest absolute Gasteiger partial charge is 0.223 e. The van der Waals surface area contributed by atoms with Gasteiger partial charge in [0.25, 0.3) is 0 Å². The molecular formula is C13H20N2O2. The molecule has 4 nitrogen and oxygen atoms in total. The molecule has 1 saturated heterocycles. The van der Waals surface area contributed by atoms with Crippen molar-refractivity contribution in [3.05, 3.63) is 0 Å². The number of nitrogens with zero attached hydrogens (tertiary/aromatic N) is 1. The van der Waals surface area contributed by atoms with E-state index < -0.39 is 0 Å². The van der Waals surface area contributed by atoms with E-state index in [1.807, 2.05) is 4.90 Å². The number of rotatable bonds is 4. The predicted molar refractivity (Wildman–Crippen MR) is 63.2 cm³/mol. The van der Waals surface area contributed by atoms with E-state index in [4.69, 9.17) is 0 Å². The van der Waals surface area contributed by atoms with Crippen LogP contribution in [-0.2, 0) is 9.59 Å². The van der Waals surface area contributed by atoms with Gasteiger partial charge < -0.3 is 10.2 Å². The van der Waals surface area contributed by atoms with Crippen molar-refractivity contribution in [3.63, 3.8) is 0 Å². The summed E-state index contributed by atoms with van der Waals surface area (Å²) in [6.45, 7) is 1.54. The van der Waals surface area contributed by atoms with Crippen LogP contribution in [0.2, 0.25) is 0 Å². The lowest BCUT2D eigenvalue weighted by Gasteiger charge is -2.24. The van der Waals surface area contributed by atoms with E-state index in [0.717, 1.165) is 19.4 Å². The van der Waals surface area contributed by atoms with Gasteiger partial charge in [0, 0.05) is 37.4 Å². The zero-order chi connectivity index (χ0) is 11.8. The van der Waals surface area contributed by atoms with Crippen molar-refractivity contribution in [1.29, 1.82) is 0 Å². The van der Waals surface area contributed by atoms with Crippen LogP contribution in [-0.4, -0.2) is 35.8 Å². The molecule has 0 radical (unpaired) electrons. The topological polar surface area (TPSA) is 49.4 Å². The average Bonchev–Trinajstić information content (AvgIpc) is 2.98. The molecule has 0 aromatic carbocycles. The summed E-state index contributed by atoms with van der Waals surface area (Å²) in [5.41, 5.74) is 0. The lowest BCUT2D eigenvalue weighted by molar-refractivity contribution is -0.129. The quantitative estimate of drug-likeness (QED) is 0.789. The lowest BCUT2D eigenvalue weighted by atomic mass is 9.85. The van der Waals surface area contributed by atoms with E-state index in [1.54, 1.807) is 0 Å². The number of carbonyl (C=O) groups is 2. The molecule has 3 aliphatic rings. The van der Waals surface area contributed by atoms with Crippen molar-refractivity contribution >= 4 is 11.8 Å². The highest BCUT2D eigenvalue weighted by Gasteiger charge is 2.39. The number of amides is 2. The average molecular weight is 236 g/mol. The largest absolute Gasteiger partial charge is 0.356 e. The summed E-state index contributed by atoms with van der Waals surface area (Å²) in [7, 11) is 0. The van der Waals surface area contributed by atoms with Crippen LogP contribution in [0.5, 0.6) is 0 Å². The minimum absolute atomic E-state index is 0.202.